The lowest BCUT2D eigenvalue weighted by Gasteiger charge is -2.23. The van der Waals surface area contributed by atoms with E-state index in [1.165, 1.54) is 25.9 Å². The van der Waals surface area contributed by atoms with Gasteiger partial charge in [0.25, 0.3) is 0 Å². The molecule has 0 N–H and O–H groups in total. The molecule has 4 nitrogen and oxygen atoms in total. The molecule has 114 valence electrons. The highest BCUT2D eigenvalue weighted by Gasteiger charge is 2.31. The lowest BCUT2D eigenvalue weighted by Crippen LogP contribution is -2.37. The Kier molecular flexibility index (Phi) is 4.44. The van der Waals surface area contributed by atoms with Gasteiger partial charge in [-0.05, 0) is 50.0 Å². The Bertz CT molecular complexity index is 480. The summed E-state index contributed by atoms with van der Waals surface area (Å²) in [5, 5.41) is 0. The summed E-state index contributed by atoms with van der Waals surface area (Å²) < 4.78 is 5.14. The summed E-state index contributed by atoms with van der Waals surface area (Å²) in [5.41, 5.74) is 1.06. The van der Waals surface area contributed by atoms with E-state index in [-0.39, 0.29) is 5.91 Å². The molecule has 1 unspecified atom stereocenters. The van der Waals surface area contributed by atoms with Gasteiger partial charge in [0, 0.05) is 19.1 Å². The normalized spacial score (nSPS) is 22.7. The minimum atomic E-state index is 0.252. The number of likely N-dealkylation sites (tertiary alicyclic amines) is 2. The molecule has 3 rings (SSSR count). The van der Waals surface area contributed by atoms with Crippen LogP contribution in [0.2, 0.25) is 0 Å². The molecule has 1 atom stereocenters. The van der Waals surface area contributed by atoms with Gasteiger partial charge in [-0.15, -0.1) is 0 Å². The molecule has 0 aromatic heterocycles. The molecule has 4 heteroatoms. The zero-order chi connectivity index (χ0) is 14.7. The van der Waals surface area contributed by atoms with Crippen molar-refractivity contribution in [2.45, 2.75) is 31.7 Å². The van der Waals surface area contributed by atoms with Crippen molar-refractivity contribution in [3.63, 3.8) is 0 Å². The maximum atomic E-state index is 12.4. The fourth-order valence-corrected chi connectivity index (χ4v) is 3.40. The van der Waals surface area contributed by atoms with Crippen molar-refractivity contribution >= 4 is 5.91 Å². The fraction of sp³-hybridized carbons (Fsp3) is 0.588. The highest BCUT2D eigenvalue weighted by atomic mass is 16.5. The van der Waals surface area contributed by atoms with Gasteiger partial charge in [-0.1, -0.05) is 12.1 Å². The predicted molar refractivity (Wildman–Crippen MR) is 82.5 cm³/mol. The van der Waals surface area contributed by atoms with Crippen molar-refractivity contribution in [2.24, 2.45) is 0 Å². The number of carbonyl (C=O) groups is 1. The predicted octanol–water partition coefficient (Wildman–Crippen LogP) is 1.93. The third kappa shape index (κ3) is 3.38. The van der Waals surface area contributed by atoms with Crippen molar-refractivity contribution in [2.75, 3.05) is 33.3 Å². The molecule has 1 amide bonds. The average Bonchev–Trinajstić information content (AvgIpc) is 3.19. The summed E-state index contributed by atoms with van der Waals surface area (Å²) in [5.74, 6) is 1.09. The van der Waals surface area contributed by atoms with Gasteiger partial charge in [-0.2, -0.15) is 0 Å². The molecular weight excluding hydrogens is 264 g/mol. The molecule has 2 fully saturated rings. The molecule has 1 aromatic carbocycles. The summed E-state index contributed by atoms with van der Waals surface area (Å²) in [6, 6.07) is 8.38. The fourth-order valence-electron chi connectivity index (χ4n) is 3.40. The maximum absolute atomic E-state index is 12.4. The topological polar surface area (TPSA) is 32.8 Å². The first-order valence-corrected chi connectivity index (χ1v) is 7.91. The molecule has 2 saturated heterocycles. The van der Waals surface area contributed by atoms with E-state index >= 15 is 0 Å². The van der Waals surface area contributed by atoms with E-state index in [0.29, 0.717) is 12.5 Å². The van der Waals surface area contributed by atoms with Gasteiger partial charge in [0.15, 0.2) is 0 Å². The Balaban J connectivity index is 1.53. The smallest absolute Gasteiger partial charge is 0.227 e. The summed E-state index contributed by atoms with van der Waals surface area (Å²) in [4.78, 5) is 17.0. The minimum absolute atomic E-state index is 0.252. The van der Waals surface area contributed by atoms with Gasteiger partial charge in [0.05, 0.1) is 13.5 Å². The number of hydrogen-bond acceptors (Lipinski definition) is 3. The first-order valence-electron chi connectivity index (χ1n) is 7.91. The van der Waals surface area contributed by atoms with E-state index in [2.05, 4.69) is 4.90 Å². The van der Waals surface area contributed by atoms with Gasteiger partial charge >= 0.3 is 0 Å². The van der Waals surface area contributed by atoms with Crippen molar-refractivity contribution in [1.29, 1.82) is 0 Å². The second-order valence-corrected chi connectivity index (χ2v) is 6.05. The van der Waals surface area contributed by atoms with Gasteiger partial charge in [0.2, 0.25) is 5.91 Å². The lowest BCUT2D eigenvalue weighted by atomic mass is 10.1. The molecule has 2 aliphatic rings. The molecule has 0 radical (unpaired) electrons. The van der Waals surface area contributed by atoms with Crippen LogP contribution in [0.25, 0.3) is 0 Å². The first kappa shape index (κ1) is 14.4. The molecule has 0 bridgehead atoms. The van der Waals surface area contributed by atoms with Crippen LogP contribution in [0, 0.1) is 0 Å². The van der Waals surface area contributed by atoms with E-state index in [4.69, 9.17) is 4.74 Å². The molecule has 0 saturated carbocycles. The number of methoxy groups -OCH3 is 1. The number of hydrogen-bond donors (Lipinski definition) is 0. The summed E-state index contributed by atoms with van der Waals surface area (Å²) in [6.07, 6.45) is 4.26. The Morgan fingerprint density at radius 2 is 1.90 bits per heavy atom. The minimum Gasteiger partial charge on any atom is -0.497 e. The number of nitrogens with zero attached hydrogens (tertiary/aromatic N) is 2. The molecule has 2 aliphatic heterocycles. The Hall–Kier alpha value is -1.55. The Labute approximate surface area is 126 Å². The van der Waals surface area contributed by atoms with Crippen LogP contribution in [0.4, 0.5) is 0 Å². The van der Waals surface area contributed by atoms with Crippen LogP contribution in [0.15, 0.2) is 24.3 Å². The highest BCUT2D eigenvalue weighted by molar-refractivity contribution is 5.79. The van der Waals surface area contributed by atoms with Crippen molar-refractivity contribution in [1.82, 2.24) is 9.80 Å². The number of benzene rings is 1. The average molecular weight is 288 g/mol. The lowest BCUT2D eigenvalue weighted by molar-refractivity contribution is -0.129. The van der Waals surface area contributed by atoms with Crippen molar-refractivity contribution < 1.29 is 9.53 Å². The van der Waals surface area contributed by atoms with E-state index in [1.54, 1.807) is 7.11 Å². The second kappa shape index (κ2) is 6.48. The molecule has 1 aromatic rings. The second-order valence-electron chi connectivity index (χ2n) is 6.05. The van der Waals surface area contributed by atoms with E-state index in [9.17, 15) is 4.79 Å². The summed E-state index contributed by atoms with van der Waals surface area (Å²) in [7, 11) is 1.66. The summed E-state index contributed by atoms with van der Waals surface area (Å²) in [6.45, 7) is 4.25. The van der Waals surface area contributed by atoms with Crippen LogP contribution in [-0.4, -0.2) is 55.0 Å². The van der Waals surface area contributed by atoms with Crippen LogP contribution in [-0.2, 0) is 11.2 Å². The van der Waals surface area contributed by atoms with Crippen LogP contribution in [0.5, 0.6) is 5.75 Å². The van der Waals surface area contributed by atoms with E-state index in [1.807, 2.05) is 29.2 Å². The standard InChI is InChI=1S/C17H24N2O2/c1-21-16-6-4-14(5-7-16)12-17(20)19-11-8-15(13-19)18-9-2-3-10-18/h4-7,15H,2-3,8-13H2,1H3. The summed E-state index contributed by atoms with van der Waals surface area (Å²) >= 11 is 0. The third-order valence-electron chi connectivity index (χ3n) is 4.69. The molecule has 0 aliphatic carbocycles. The number of ether oxygens (including phenoxy) is 1. The molecule has 2 heterocycles. The van der Waals surface area contributed by atoms with Gasteiger partial charge in [-0.25, -0.2) is 0 Å². The number of carbonyl (C=O) groups excluding carboxylic acids is 1. The Morgan fingerprint density at radius 1 is 1.19 bits per heavy atom. The zero-order valence-electron chi connectivity index (χ0n) is 12.8. The largest absolute Gasteiger partial charge is 0.497 e. The van der Waals surface area contributed by atoms with Crippen LogP contribution in [0.1, 0.15) is 24.8 Å². The molecule has 0 spiro atoms. The van der Waals surface area contributed by atoms with Crippen LogP contribution in [0.3, 0.4) is 0 Å². The quantitative estimate of drug-likeness (QED) is 0.849. The van der Waals surface area contributed by atoms with Crippen LogP contribution < -0.4 is 4.74 Å². The number of rotatable bonds is 4. The van der Waals surface area contributed by atoms with Gasteiger partial charge in [0.1, 0.15) is 5.75 Å². The van der Waals surface area contributed by atoms with Crippen molar-refractivity contribution in [3.05, 3.63) is 29.8 Å². The zero-order valence-corrected chi connectivity index (χ0v) is 12.8. The Morgan fingerprint density at radius 3 is 2.57 bits per heavy atom. The van der Waals surface area contributed by atoms with Crippen molar-refractivity contribution in [3.8, 4) is 5.75 Å². The van der Waals surface area contributed by atoms with Gasteiger partial charge in [-0.3, -0.25) is 9.69 Å². The maximum Gasteiger partial charge on any atom is 0.227 e. The SMILES string of the molecule is COc1ccc(CC(=O)N2CCC(N3CCCC3)C2)cc1. The first-order chi connectivity index (χ1) is 10.3. The molecular formula is C17H24N2O2. The van der Waals surface area contributed by atoms with E-state index in [0.717, 1.165) is 30.8 Å². The van der Waals surface area contributed by atoms with Crippen LogP contribution >= 0.6 is 0 Å². The van der Waals surface area contributed by atoms with E-state index < -0.39 is 0 Å². The molecule has 21 heavy (non-hydrogen) atoms. The monoisotopic (exact) mass is 288 g/mol. The number of amides is 1. The van der Waals surface area contributed by atoms with Gasteiger partial charge < -0.3 is 9.64 Å². The third-order valence-corrected chi connectivity index (χ3v) is 4.69. The highest BCUT2D eigenvalue weighted by Crippen LogP contribution is 2.21.